The summed E-state index contributed by atoms with van der Waals surface area (Å²) in [5, 5.41) is 13.4. The van der Waals surface area contributed by atoms with Crippen molar-refractivity contribution in [3.05, 3.63) is 87.9 Å². The molecule has 126 valence electrons. The molecule has 0 aliphatic heterocycles. The number of nitro groups is 1. The number of furan rings is 1. The molecule has 1 amide bonds. The molecule has 0 fully saturated rings. The fourth-order valence-corrected chi connectivity index (χ4v) is 2.27. The van der Waals surface area contributed by atoms with E-state index in [-0.39, 0.29) is 23.6 Å². The lowest BCUT2D eigenvalue weighted by atomic mass is 10.2. The third kappa shape index (κ3) is 3.89. The number of hydrogen-bond donors (Lipinski definition) is 1. The van der Waals surface area contributed by atoms with Crippen LogP contribution in [-0.4, -0.2) is 10.8 Å². The van der Waals surface area contributed by atoms with E-state index in [9.17, 15) is 19.3 Å². The molecule has 0 saturated heterocycles. The van der Waals surface area contributed by atoms with Crippen LogP contribution < -0.4 is 5.32 Å². The maximum Gasteiger partial charge on any atom is 0.270 e. The molecule has 1 N–H and O–H groups in total. The van der Waals surface area contributed by atoms with E-state index in [1.807, 2.05) is 0 Å². The Morgan fingerprint density at radius 1 is 1.12 bits per heavy atom. The van der Waals surface area contributed by atoms with Gasteiger partial charge in [0, 0.05) is 23.3 Å². The van der Waals surface area contributed by atoms with Crippen LogP contribution >= 0.6 is 0 Å². The summed E-state index contributed by atoms with van der Waals surface area (Å²) >= 11 is 0. The average molecular weight is 340 g/mol. The van der Waals surface area contributed by atoms with Crippen LogP contribution in [-0.2, 0) is 6.54 Å². The molecular weight excluding hydrogens is 327 g/mol. The number of rotatable bonds is 5. The van der Waals surface area contributed by atoms with Crippen LogP contribution in [0, 0.1) is 15.9 Å². The smallest absolute Gasteiger partial charge is 0.270 e. The third-order valence-corrected chi connectivity index (χ3v) is 3.53. The lowest BCUT2D eigenvalue weighted by molar-refractivity contribution is -0.384. The standard InChI is InChI=1S/C18H13FN2O4/c19-14-6-4-12(5-7-14)17-9-8-16(25-17)11-20-18(22)13-2-1-3-15(10-13)21(23)24/h1-10H,11H2,(H,20,22). The van der Waals surface area contributed by atoms with Crippen molar-refractivity contribution in [1.29, 1.82) is 0 Å². The minimum Gasteiger partial charge on any atom is -0.459 e. The predicted octanol–water partition coefficient (Wildman–Crippen LogP) is 3.92. The van der Waals surface area contributed by atoms with Crippen molar-refractivity contribution in [1.82, 2.24) is 5.32 Å². The van der Waals surface area contributed by atoms with Gasteiger partial charge in [0.2, 0.25) is 0 Å². The molecule has 6 nitrogen and oxygen atoms in total. The van der Waals surface area contributed by atoms with Gasteiger partial charge >= 0.3 is 0 Å². The number of carbonyl (C=O) groups excluding carboxylic acids is 1. The summed E-state index contributed by atoms with van der Waals surface area (Å²) in [6.45, 7) is 0.128. The molecule has 0 spiro atoms. The van der Waals surface area contributed by atoms with Gasteiger partial charge in [-0.15, -0.1) is 0 Å². The van der Waals surface area contributed by atoms with E-state index in [4.69, 9.17) is 4.42 Å². The van der Waals surface area contributed by atoms with Gasteiger partial charge in [-0.1, -0.05) is 6.07 Å². The van der Waals surface area contributed by atoms with Gasteiger partial charge in [0.25, 0.3) is 11.6 Å². The summed E-state index contributed by atoms with van der Waals surface area (Å²) in [7, 11) is 0. The Morgan fingerprint density at radius 2 is 1.88 bits per heavy atom. The number of nitrogens with one attached hydrogen (secondary N) is 1. The number of benzene rings is 2. The first kappa shape index (κ1) is 16.4. The van der Waals surface area contributed by atoms with Crippen molar-refractivity contribution in [2.45, 2.75) is 6.54 Å². The average Bonchev–Trinajstić information content (AvgIpc) is 3.09. The lowest BCUT2D eigenvalue weighted by Gasteiger charge is -2.03. The quantitative estimate of drug-likeness (QED) is 0.563. The number of carbonyl (C=O) groups is 1. The summed E-state index contributed by atoms with van der Waals surface area (Å²) in [6, 6.07) is 14.8. The van der Waals surface area contributed by atoms with E-state index in [0.717, 1.165) is 5.56 Å². The molecule has 3 aromatic rings. The first-order chi connectivity index (χ1) is 12.0. The number of nitro benzene ring substituents is 1. The summed E-state index contributed by atoms with van der Waals surface area (Å²) < 4.78 is 18.5. The van der Waals surface area contributed by atoms with Gasteiger partial charge in [-0.3, -0.25) is 14.9 Å². The topological polar surface area (TPSA) is 85.4 Å². The Balaban J connectivity index is 1.66. The number of nitrogens with zero attached hydrogens (tertiary/aromatic N) is 1. The van der Waals surface area contributed by atoms with E-state index >= 15 is 0 Å². The minimum absolute atomic E-state index is 0.128. The Bertz CT molecular complexity index is 919. The Hall–Kier alpha value is -3.48. The van der Waals surface area contributed by atoms with Gasteiger partial charge in [0.05, 0.1) is 11.5 Å². The van der Waals surface area contributed by atoms with Crippen LogP contribution in [0.15, 0.2) is 65.1 Å². The highest BCUT2D eigenvalue weighted by molar-refractivity contribution is 5.94. The molecular formula is C18H13FN2O4. The van der Waals surface area contributed by atoms with Crippen molar-refractivity contribution < 1.29 is 18.5 Å². The Kier molecular flexibility index (Phi) is 4.56. The maximum atomic E-state index is 12.9. The van der Waals surface area contributed by atoms with Crippen molar-refractivity contribution in [3.8, 4) is 11.3 Å². The number of hydrogen-bond acceptors (Lipinski definition) is 4. The molecule has 1 aromatic heterocycles. The molecule has 0 aliphatic rings. The van der Waals surface area contributed by atoms with E-state index in [0.29, 0.717) is 11.5 Å². The molecule has 1 heterocycles. The highest BCUT2D eigenvalue weighted by atomic mass is 19.1. The zero-order valence-corrected chi connectivity index (χ0v) is 12.9. The number of non-ortho nitro benzene ring substituents is 1. The second-order valence-electron chi connectivity index (χ2n) is 5.26. The SMILES string of the molecule is O=C(NCc1ccc(-c2ccc(F)cc2)o1)c1cccc([N+](=O)[O-])c1. The van der Waals surface area contributed by atoms with Crippen molar-refractivity contribution >= 4 is 11.6 Å². The summed E-state index contributed by atoms with van der Waals surface area (Å²) in [6.07, 6.45) is 0. The molecule has 0 atom stereocenters. The third-order valence-electron chi connectivity index (χ3n) is 3.53. The van der Waals surface area contributed by atoms with Crippen LogP contribution in [0.25, 0.3) is 11.3 Å². The van der Waals surface area contributed by atoms with Gasteiger partial charge in [-0.05, 0) is 42.5 Å². The molecule has 0 aliphatic carbocycles. The van der Waals surface area contributed by atoms with Gasteiger partial charge in [-0.25, -0.2) is 4.39 Å². The number of amides is 1. The minimum atomic E-state index is -0.557. The summed E-state index contributed by atoms with van der Waals surface area (Å²) in [4.78, 5) is 22.3. The molecule has 0 saturated carbocycles. The van der Waals surface area contributed by atoms with Crippen molar-refractivity contribution in [2.75, 3.05) is 0 Å². The molecule has 2 aromatic carbocycles. The van der Waals surface area contributed by atoms with Crippen LogP contribution in [0.1, 0.15) is 16.1 Å². The largest absolute Gasteiger partial charge is 0.459 e. The highest BCUT2D eigenvalue weighted by Crippen LogP contribution is 2.22. The first-order valence-corrected chi connectivity index (χ1v) is 7.40. The van der Waals surface area contributed by atoms with E-state index in [1.54, 1.807) is 24.3 Å². The van der Waals surface area contributed by atoms with E-state index in [2.05, 4.69) is 5.32 Å². The molecule has 25 heavy (non-hydrogen) atoms. The second kappa shape index (κ2) is 6.96. The van der Waals surface area contributed by atoms with Crippen LogP contribution in [0.3, 0.4) is 0 Å². The Labute approximate surface area is 142 Å². The first-order valence-electron chi connectivity index (χ1n) is 7.40. The normalized spacial score (nSPS) is 10.4. The fraction of sp³-hybridized carbons (Fsp3) is 0.0556. The van der Waals surface area contributed by atoms with E-state index in [1.165, 1.54) is 36.4 Å². The zero-order valence-electron chi connectivity index (χ0n) is 12.9. The molecule has 0 radical (unpaired) electrons. The van der Waals surface area contributed by atoms with Gasteiger partial charge in [0.15, 0.2) is 0 Å². The molecule has 0 unspecified atom stereocenters. The predicted molar refractivity (Wildman–Crippen MR) is 88.4 cm³/mol. The second-order valence-corrected chi connectivity index (χ2v) is 5.26. The number of halogens is 1. The van der Waals surface area contributed by atoms with Crippen LogP contribution in [0.2, 0.25) is 0 Å². The highest BCUT2D eigenvalue weighted by Gasteiger charge is 2.12. The Morgan fingerprint density at radius 3 is 2.60 bits per heavy atom. The summed E-state index contributed by atoms with van der Waals surface area (Å²) in [5.74, 6) is 0.292. The van der Waals surface area contributed by atoms with Crippen LogP contribution in [0.5, 0.6) is 0 Å². The van der Waals surface area contributed by atoms with Gasteiger partial charge < -0.3 is 9.73 Å². The monoisotopic (exact) mass is 340 g/mol. The van der Waals surface area contributed by atoms with Crippen molar-refractivity contribution in [2.24, 2.45) is 0 Å². The zero-order chi connectivity index (χ0) is 17.8. The summed E-state index contributed by atoms with van der Waals surface area (Å²) in [5.41, 5.74) is 0.765. The van der Waals surface area contributed by atoms with Crippen molar-refractivity contribution in [3.63, 3.8) is 0 Å². The van der Waals surface area contributed by atoms with Gasteiger partial charge in [0.1, 0.15) is 17.3 Å². The molecule has 0 bridgehead atoms. The lowest BCUT2D eigenvalue weighted by Crippen LogP contribution is -2.22. The molecule has 3 rings (SSSR count). The fourth-order valence-electron chi connectivity index (χ4n) is 2.27. The van der Waals surface area contributed by atoms with Gasteiger partial charge in [-0.2, -0.15) is 0 Å². The van der Waals surface area contributed by atoms with Crippen LogP contribution in [0.4, 0.5) is 10.1 Å². The molecule has 7 heteroatoms. The maximum absolute atomic E-state index is 12.9. The van der Waals surface area contributed by atoms with E-state index < -0.39 is 10.8 Å².